The van der Waals surface area contributed by atoms with Gasteiger partial charge in [0.25, 0.3) is 0 Å². The molecule has 0 bridgehead atoms. The molecule has 0 saturated heterocycles. The van der Waals surface area contributed by atoms with E-state index in [-0.39, 0.29) is 5.56 Å². The van der Waals surface area contributed by atoms with Crippen LogP contribution in [0.1, 0.15) is 12.5 Å². The van der Waals surface area contributed by atoms with Crippen LogP contribution in [0, 0.1) is 17.1 Å². The molecule has 0 aliphatic rings. The Morgan fingerprint density at radius 3 is 2.94 bits per heavy atom. The molecule has 1 aromatic carbocycles. The number of aryl methyl sites for hydroxylation is 1. The van der Waals surface area contributed by atoms with Crippen molar-refractivity contribution in [3.8, 4) is 17.3 Å². The van der Waals surface area contributed by atoms with Crippen LogP contribution in [-0.4, -0.2) is 9.78 Å². The third-order valence-electron chi connectivity index (χ3n) is 2.42. The Morgan fingerprint density at radius 1 is 1.44 bits per heavy atom. The molecule has 0 amide bonds. The van der Waals surface area contributed by atoms with E-state index in [1.165, 1.54) is 6.07 Å². The van der Waals surface area contributed by atoms with Gasteiger partial charge in [0.1, 0.15) is 11.9 Å². The van der Waals surface area contributed by atoms with Crippen molar-refractivity contribution in [2.75, 3.05) is 0 Å². The molecular formula is C12H10FN3. The molecule has 0 fully saturated rings. The summed E-state index contributed by atoms with van der Waals surface area (Å²) in [7, 11) is 0. The van der Waals surface area contributed by atoms with Gasteiger partial charge in [0, 0.05) is 18.3 Å². The number of aromatic nitrogens is 2. The van der Waals surface area contributed by atoms with E-state index in [0.29, 0.717) is 12.1 Å². The minimum Gasteiger partial charge on any atom is -0.265 e. The molecule has 3 nitrogen and oxygen atoms in total. The number of benzene rings is 1. The van der Waals surface area contributed by atoms with Gasteiger partial charge in [-0.2, -0.15) is 10.4 Å². The standard InChI is InChI=1S/C12H10FN3/c1-2-16-12(6-7-15-16)9-4-3-5-11(13)10(9)8-14/h3-7H,2H2,1H3. The minimum absolute atomic E-state index is 0.0673. The molecule has 0 radical (unpaired) electrons. The third kappa shape index (κ3) is 1.57. The van der Waals surface area contributed by atoms with E-state index in [0.717, 1.165) is 5.69 Å². The Morgan fingerprint density at radius 2 is 2.25 bits per heavy atom. The molecule has 0 atom stereocenters. The Labute approximate surface area is 92.7 Å². The van der Waals surface area contributed by atoms with Crippen molar-refractivity contribution in [1.82, 2.24) is 9.78 Å². The molecular weight excluding hydrogens is 205 g/mol. The highest BCUT2D eigenvalue weighted by Gasteiger charge is 2.12. The van der Waals surface area contributed by atoms with E-state index in [9.17, 15) is 4.39 Å². The summed E-state index contributed by atoms with van der Waals surface area (Å²) in [5.74, 6) is -0.496. The van der Waals surface area contributed by atoms with Crippen molar-refractivity contribution < 1.29 is 4.39 Å². The molecule has 4 heteroatoms. The molecule has 80 valence electrons. The molecule has 0 spiro atoms. The largest absolute Gasteiger partial charge is 0.265 e. The van der Waals surface area contributed by atoms with Gasteiger partial charge in [-0.05, 0) is 19.1 Å². The normalized spacial score (nSPS) is 10.1. The maximum absolute atomic E-state index is 13.4. The molecule has 0 saturated carbocycles. The Kier molecular flexibility index (Phi) is 2.69. The summed E-state index contributed by atoms with van der Waals surface area (Å²) in [6.45, 7) is 2.63. The molecule has 1 heterocycles. The fourth-order valence-electron chi connectivity index (χ4n) is 1.66. The van der Waals surface area contributed by atoms with Crippen molar-refractivity contribution in [3.63, 3.8) is 0 Å². The highest BCUT2D eigenvalue weighted by Crippen LogP contribution is 2.24. The maximum Gasteiger partial charge on any atom is 0.141 e. The van der Waals surface area contributed by atoms with Crippen molar-refractivity contribution in [2.24, 2.45) is 0 Å². The summed E-state index contributed by atoms with van der Waals surface area (Å²) in [6, 6.07) is 8.27. The number of halogens is 1. The van der Waals surface area contributed by atoms with Crippen LogP contribution in [0.15, 0.2) is 30.5 Å². The van der Waals surface area contributed by atoms with Gasteiger partial charge in [-0.15, -0.1) is 0 Å². The summed E-state index contributed by atoms with van der Waals surface area (Å²) in [6.07, 6.45) is 1.64. The monoisotopic (exact) mass is 215 g/mol. The average molecular weight is 215 g/mol. The lowest BCUT2D eigenvalue weighted by Crippen LogP contribution is -2.00. The second kappa shape index (κ2) is 4.15. The summed E-state index contributed by atoms with van der Waals surface area (Å²) in [5, 5.41) is 13.0. The van der Waals surface area contributed by atoms with Crippen molar-refractivity contribution in [2.45, 2.75) is 13.5 Å². The first kappa shape index (κ1) is 10.4. The Bertz CT molecular complexity index is 552. The highest BCUT2D eigenvalue weighted by atomic mass is 19.1. The van der Waals surface area contributed by atoms with Crippen LogP contribution in [0.2, 0.25) is 0 Å². The Hall–Kier alpha value is -2.15. The van der Waals surface area contributed by atoms with Crippen molar-refractivity contribution in [1.29, 1.82) is 5.26 Å². The highest BCUT2D eigenvalue weighted by molar-refractivity contribution is 5.67. The predicted octanol–water partition coefficient (Wildman–Crippen LogP) is 2.58. The molecule has 0 unspecified atom stereocenters. The topological polar surface area (TPSA) is 41.6 Å². The molecule has 16 heavy (non-hydrogen) atoms. The molecule has 1 aromatic heterocycles. The summed E-state index contributed by atoms with van der Waals surface area (Å²) >= 11 is 0. The predicted molar refractivity (Wildman–Crippen MR) is 58.0 cm³/mol. The first-order chi connectivity index (χ1) is 7.77. The first-order valence-corrected chi connectivity index (χ1v) is 4.98. The zero-order valence-corrected chi connectivity index (χ0v) is 8.81. The third-order valence-corrected chi connectivity index (χ3v) is 2.42. The number of nitriles is 1. The molecule has 0 N–H and O–H groups in total. The van der Waals surface area contributed by atoms with Gasteiger partial charge in [0.05, 0.1) is 11.3 Å². The summed E-state index contributed by atoms with van der Waals surface area (Å²) in [5.41, 5.74) is 1.41. The fourth-order valence-corrected chi connectivity index (χ4v) is 1.66. The molecule has 2 rings (SSSR count). The van der Waals surface area contributed by atoms with E-state index >= 15 is 0 Å². The van der Waals surface area contributed by atoms with Gasteiger partial charge >= 0.3 is 0 Å². The van der Waals surface area contributed by atoms with Gasteiger partial charge in [-0.25, -0.2) is 4.39 Å². The zero-order chi connectivity index (χ0) is 11.5. The van der Waals surface area contributed by atoms with Gasteiger partial charge in [0.15, 0.2) is 0 Å². The second-order valence-electron chi connectivity index (χ2n) is 3.31. The van der Waals surface area contributed by atoms with E-state index in [1.54, 1.807) is 29.1 Å². The zero-order valence-electron chi connectivity index (χ0n) is 8.81. The van der Waals surface area contributed by atoms with Gasteiger partial charge < -0.3 is 0 Å². The smallest absolute Gasteiger partial charge is 0.141 e. The van der Waals surface area contributed by atoms with E-state index in [2.05, 4.69) is 5.10 Å². The fraction of sp³-hybridized carbons (Fsp3) is 0.167. The number of nitrogens with zero attached hydrogens (tertiary/aromatic N) is 3. The SMILES string of the molecule is CCn1nccc1-c1cccc(F)c1C#N. The lowest BCUT2D eigenvalue weighted by Gasteiger charge is -2.06. The lowest BCUT2D eigenvalue weighted by atomic mass is 10.0. The lowest BCUT2D eigenvalue weighted by molar-refractivity contribution is 0.623. The molecule has 2 aromatic rings. The van der Waals surface area contributed by atoms with Crippen LogP contribution in [0.5, 0.6) is 0 Å². The summed E-state index contributed by atoms with van der Waals surface area (Å²) < 4.78 is 15.2. The number of hydrogen-bond donors (Lipinski definition) is 0. The second-order valence-corrected chi connectivity index (χ2v) is 3.31. The summed E-state index contributed by atoms with van der Waals surface area (Å²) in [4.78, 5) is 0. The van der Waals surface area contributed by atoms with Crippen molar-refractivity contribution >= 4 is 0 Å². The molecule has 0 aliphatic heterocycles. The van der Waals surface area contributed by atoms with Crippen LogP contribution in [0.3, 0.4) is 0 Å². The quantitative estimate of drug-likeness (QED) is 0.772. The van der Waals surface area contributed by atoms with E-state index < -0.39 is 5.82 Å². The maximum atomic E-state index is 13.4. The van der Waals surface area contributed by atoms with Crippen LogP contribution < -0.4 is 0 Å². The number of hydrogen-bond acceptors (Lipinski definition) is 2. The van der Waals surface area contributed by atoms with Crippen LogP contribution in [0.4, 0.5) is 4.39 Å². The van der Waals surface area contributed by atoms with Gasteiger partial charge in [-0.3, -0.25) is 4.68 Å². The van der Waals surface area contributed by atoms with Crippen LogP contribution >= 0.6 is 0 Å². The van der Waals surface area contributed by atoms with E-state index in [1.807, 2.05) is 13.0 Å². The molecule has 0 aliphatic carbocycles. The van der Waals surface area contributed by atoms with Crippen molar-refractivity contribution in [3.05, 3.63) is 41.8 Å². The minimum atomic E-state index is -0.496. The van der Waals surface area contributed by atoms with Crippen LogP contribution in [0.25, 0.3) is 11.3 Å². The van der Waals surface area contributed by atoms with Crippen LogP contribution in [-0.2, 0) is 6.54 Å². The average Bonchev–Trinajstić information content (AvgIpc) is 2.76. The Balaban J connectivity index is 2.66. The van der Waals surface area contributed by atoms with Gasteiger partial charge in [-0.1, -0.05) is 12.1 Å². The van der Waals surface area contributed by atoms with E-state index in [4.69, 9.17) is 5.26 Å². The van der Waals surface area contributed by atoms with Gasteiger partial charge in [0.2, 0.25) is 0 Å². The number of rotatable bonds is 2. The first-order valence-electron chi connectivity index (χ1n) is 4.98.